The number of hydrogen-bond donors (Lipinski definition) is 2. The second-order valence-corrected chi connectivity index (χ2v) is 7.72. The average Bonchev–Trinajstić information content (AvgIpc) is 2.81. The quantitative estimate of drug-likeness (QED) is 0.492. The van der Waals surface area contributed by atoms with Gasteiger partial charge in [0, 0.05) is 24.3 Å². The molecule has 0 fully saturated rings. The van der Waals surface area contributed by atoms with Gasteiger partial charge in [-0.25, -0.2) is 14.4 Å². The van der Waals surface area contributed by atoms with Gasteiger partial charge in [-0.3, -0.25) is 9.59 Å². The number of benzene rings is 2. The van der Waals surface area contributed by atoms with Gasteiger partial charge >= 0.3 is 0 Å². The van der Waals surface area contributed by atoms with E-state index in [1.165, 1.54) is 30.5 Å². The zero-order valence-corrected chi connectivity index (χ0v) is 19.4. The lowest BCUT2D eigenvalue weighted by Gasteiger charge is -2.20. The lowest BCUT2D eigenvalue weighted by Crippen LogP contribution is -2.30. The van der Waals surface area contributed by atoms with Crippen LogP contribution in [-0.2, 0) is 0 Å². The molecule has 0 aliphatic heterocycles. The zero-order valence-electron chi connectivity index (χ0n) is 18.6. The van der Waals surface area contributed by atoms with Crippen molar-refractivity contribution in [3.05, 3.63) is 82.4 Å². The summed E-state index contributed by atoms with van der Waals surface area (Å²) in [7, 11) is 0. The second kappa shape index (κ2) is 10.9. The van der Waals surface area contributed by atoms with Gasteiger partial charge in [0.15, 0.2) is 5.69 Å². The molecule has 1 unspecified atom stereocenters. The standard InChI is InChI=1S/C24H25ClFN5O2/c1-4-31(5-2)24-27-14-20(25)21(30-24)23(33)28-15(3)16-8-12-19(13-9-16)29-22(32)17-6-10-18(26)11-7-17/h6-15H,4-5H2,1-3H3,(H,28,33)(H,29,32). The zero-order chi connectivity index (χ0) is 24.0. The van der Waals surface area contributed by atoms with Gasteiger partial charge in [-0.05, 0) is 62.7 Å². The molecule has 0 bridgehead atoms. The minimum Gasteiger partial charge on any atom is -0.344 e. The normalized spacial score (nSPS) is 11.5. The number of amides is 2. The monoisotopic (exact) mass is 469 g/mol. The van der Waals surface area contributed by atoms with E-state index < -0.39 is 11.7 Å². The van der Waals surface area contributed by atoms with Crippen molar-refractivity contribution in [1.82, 2.24) is 15.3 Å². The molecule has 1 aromatic heterocycles. The summed E-state index contributed by atoms with van der Waals surface area (Å²) in [5.74, 6) is -0.702. The molecule has 0 saturated carbocycles. The number of aromatic nitrogens is 2. The van der Waals surface area contributed by atoms with Gasteiger partial charge in [-0.15, -0.1) is 0 Å². The van der Waals surface area contributed by atoms with E-state index >= 15 is 0 Å². The Kier molecular flexibility index (Phi) is 7.95. The SMILES string of the molecule is CCN(CC)c1ncc(Cl)c(C(=O)NC(C)c2ccc(NC(=O)c3ccc(F)cc3)cc2)n1. The van der Waals surface area contributed by atoms with E-state index in [4.69, 9.17) is 11.6 Å². The van der Waals surface area contributed by atoms with Gasteiger partial charge in [0.2, 0.25) is 5.95 Å². The van der Waals surface area contributed by atoms with Crippen LogP contribution in [0.2, 0.25) is 5.02 Å². The maximum Gasteiger partial charge on any atom is 0.272 e. The van der Waals surface area contributed by atoms with Gasteiger partial charge in [-0.2, -0.15) is 0 Å². The van der Waals surface area contributed by atoms with Crippen LogP contribution < -0.4 is 15.5 Å². The molecule has 0 saturated heterocycles. The molecule has 2 amide bonds. The number of nitrogens with zero attached hydrogens (tertiary/aromatic N) is 3. The highest BCUT2D eigenvalue weighted by molar-refractivity contribution is 6.33. The van der Waals surface area contributed by atoms with Crippen molar-refractivity contribution in [1.29, 1.82) is 0 Å². The largest absolute Gasteiger partial charge is 0.344 e. The topological polar surface area (TPSA) is 87.2 Å². The van der Waals surface area contributed by atoms with Crippen LogP contribution >= 0.6 is 11.6 Å². The third kappa shape index (κ3) is 6.04. The maximum atomic E-state index is 13.0. The molecule has 0 aliphatic rings. The number of carbonyl (C=O) groups is 2. The van der Waals surface area contributed by atoms with Gasteiger partial charge in [0.05, 0.1) is 17.3 Å². The Bertz CT molecular complexity index is 1120. The summed E-state index contributed by atoms with van der Waals surface area (Å²) in [5.41, 5.74) is 1.88. The molecule has 3 aromatic rings. The third-order valence-corrected chi connectivity index (χ3v) is 5.39. The molecule has 172 valence electrons. The first kappa shape index (κ1) is 24.1. The molecule has 0 spiro atoms. The molecular weight excluding hydrogens is 445 g/mol. The van der Waals surface area contributed by atoms with Crippen molar-refractivity contribution in [2.75, 3.05) is 23.3 Å². The minimum absolute atomic E-state index is 0.114. The van der Waals surface area contributed by atoms with Crippen LogP contribution in [0.1, 0.15) is 53.2 Å². The van der Waals surface area contributed by atoms with Crippen LogP contribution in [0, 0.1) is 5.82 Å². The van der Waals surface area contributed by atoms with Gasteiger partial charge in [0.1, 0.15) is 5.82 Å². The molecule has 2 N–H and O–H groups in total. The number of anilines is 2. The number of carbonyl (C=O) groups excluding carboxylic acids is 2. The third-order valence-electron chi connectivity index (χ3n) is 5.12. The molecule has 7 nitrogen and oxygen atoms in total. The fourth-order valence-corrected chi connectivity index (χ4v) is 3.36. The van der Waals surface area contributed by atoms with Crippen molar-refractivity contribution in [3.8, 4) is 0 Å². The Labute approximate surface area is 197 Å². The lowest BCUT2D eigenvalue weighted by atomic mass is 10.1. The minimum atomic E-state index is -0.406. The number of halogens is 2. The lowest BCUT2D eigenvalue weighted by molar-refractivity contribution is 0.0934. The summed E-state index contributed by atoms with van der Waals surface area (Å²) in [6.45, 7) is 7.22. The number of hydrogen-bond acceptors (Lipinski definition) is 5. The molecule has 1 heterocycles. The fourth-order valence-electron chi connectivity index (χ4n) is 3.18. The van der Waals surface area contributed by atoms with Crippen LogP contribution in [0.4, 0.5) is 16.0 Å². The predicted octanol–water partition coefficient (Wildman–Crippen LogP) is 4.86. The molecular formula is C24H25ClFN5O2. The van der Waals surface area contributed by atoms with Crippen LogP contribution in [-0.4, -0.2) is 34.9 Å². The Morgan fingerprint density at radius 3 is 2.27 bits per heavy atom. The fraction of sp³-hybridized carbons (Fsp3) is 0.250. The van der Waals surface area contributed by atoms with Crippen LogP contribution in [0.5, 0.6) is 0 Å². The van der Waals surface area contributed by atoms with E-state index in [1.807, 2.05) is 25.7 Å². The van der Waals surface area contributed by atoms with E-state index in [0.29, 0.717) is 30.3 Å². The Morgan fingerprint density at radius 2 is 1.67 bits per heavy atom. The van der Waals surface area contributed by atoms with E-state index in [9.17, 15) is 14.0 Å². The summed E-state index contributed by atoms with van der Waals surface area (Å²) in [6.07, 6.45) is 1.43. The summed E-state index contributed by atoms with van der Waals surface area (Å²) < 4.78 is 13.0. The Morgan fingerprint density at radius 1 is 1.03 bits per heavy atom. The van der Waals surface area contributed by atoms with Crippen LogP contribution in [0.15, 0.2) is 54.7 Å². The van der Waals surface area contributed by atoms with Crippen LogP contribution in [0.25, 0.3) is 0 Å². The molecule has 1 atom stereocenters. The Hall–Kier alpha value is -3.52. The summed E-state index contributed by atoms with van der Waals surface area (Å²) in [4.78, 5) is 35.6. The summed E-state index contributed by atoms with van der Waals surface area (Å²) in [6, 6.07) is 12.0. The average molecular weight is 470 g/mol. The van der Waals surface area contributed by atoms with Crippen LogP contribution in [0.3, 0.4) is 0 Å². The molecule has 0 radical (unpaired) electrons. The van der Waals surface area contributed by atoms with E-state index in [0.717, 1.165) is 5.56 Å². The van der Waals surface area contributed by atoms with Crippen molar-refractivity contribution in [3.63, 3.8) is 0 Å². The van der Waals surface area contributed by atoms with Gasteiger partial charge in [-0.1, -0.05) is 23.7 Å². The van der Waals surface area contributed by atoms with Crippen molar-refractivity contribution < 1.29 is 14.0 Å². The smallest absolute Gasteiger partial charge is 0.272 e. The first-order chi connectivity index (χ1) is 15.8. The van der Waals surface area contributed by atoms with Crippen molar-refractivity contribution in [2.45, 2.75) is 26.8 Å². The van der Waals surface area contributed by atoms with Crippen molar-refractivity contribution >= 4 is 35.1 Å². The Balaban J connectivity index is 1.66. The highest BCUT2D eigenvalue weighted by atomic mass is 35.5. The summed E-state index contributed by atoms with van der Waals surface area (Å²) in [5, 5.41) is 5.83. The first-order valence-electron chi connectivity index (χ1n) is 10.6. The highest BCUT2D eigenvalue weighted by Crippen LogP contribution is 2.20. The molecule has 3 rings (SSSR count). The first-order valence-corrected chi connectivity index (χ1v) is 10.9. The van der Waals surface area contributed by atoms with Crippen molar-refractivity contribution in [2.24, 2.45) is 0 Å². The molecule has 2 aromatic carbocycles. The van der Waals surface area contributed by atoms with Gasteiger partial charge in [0.25, 0.3) is 11.8 Å². The molecule has 0 aliphatic carbocycles. The summed E-state index contributed by atoms with van der Waals surface area (Å²) >= 11 is 6.17. The maximum absolute atomic E-state index is 13.0. The molecule has 33 heavy (non-hydrogen) atoms. The van der Waals surface area contributed by atoms with E-state index in [2.05, 4.69) is 20.6 Å². The molecule has 9 heteroatoms. The number of nitrogens with one attached hydrogen (secondary N) is 2. The highest BCUT2D eigenvalue weighted by Gasteiger charge is 2.19. The van der Waals surface area contributed by atoms with E-state index in [1.54, 1.807) is 24.3 Å². The van der Waals surface area contributed by atoms with E-state index in [-0.39, 0.29) is 22.7 Å². The second-order valence-electron chi connectivity index (χ2n) is 7.32. The predicted molar refractivity (Wildman–Crippen MR) is 127 cm³/mol. The number of rotatable bonds is 8. The van der Waals surface area contributed by atoms with Gasteiger partial charge < -0.3 is 15.5 Å².